The Hall–Kier alpha value is -0.930. The predicted molar refractivity (Wildman–Crippen MR) is 60.5 cm³/mol. The number of hydrogen-bond donors (Lipinski definition) is 5. The van der Waals surface area contributed by atoms with Gasteiger partial charge in [0.2, 0.25) is 0 Å². The summed E-state index contributed by atoms with van der Waals surface area (Å²) in [5.74, 6) is 0. The molecule has 0 spiro atoms. The number of carbonyl (C=O) groups excluding carboxylic acids is 1. The van der Waals surface area contributed by atoms with Gasteiger partial charge >= 0.3 is 6.03 Å². The third kappa shape index (κ3) is 2.29. The molecule has 0 saturated carbocycles. The zero-order valence-electron chi connectivity index (χ0n) is 9.90. The second kappa shape index (κ2) is 5.37. The fourth-order valence-corrected chi connectivity index (χ4v) is 2.40. The van der Waals surface area contributed by atoms with E-state index in [1.807, 2.05) is 0 Å². The molecule has 0 bridgehead atoms. The Morgan fingerprint density at radius 1 is 1.39 bits per heavy atom. The average molecular weight is 261 g/mol. The van der Waals surface area contributed by atoms with Gasteiger partial charge in [0.25, 0.3) is 0 Å². The molecule has 2 heterocycles. The molecule has 0 radical (unpaired) electrons. The van der Waals surface area contributed by atoms with Crippen molar-refractivity contribution >= 4 is 6.03 Å². The molecule has 0 aliphatic carbocycles. The number of urea groups is 1. The summed E-state index contributed by atoms with van der Waals surface area (Å²) in [6, 6.07) is -1.37. The summed E-state index contributed by atoms with van der Waals surface area (Å²) >= 11 is 0. The van der Waals surface area contributed by atoms with Crippen molar-refractivity contribution in [3.05, 3.63) is 0 Å². The summed E-state index contributed by atoms with van der Waals surface area (Å²) in [5, 5.41) is 32.3. The van der Waals surface area contributed by atoms with E-state index in [1.54, 1.807) is 0 Å². The molecule has 104 valence electrons. The van der Waals surface area contributed by atoms with Gasteiger partial charge in [-0.05, 0) is 6.42 Å². The minimum atomic E-state index is -1.36. The standard InChI is InChI=1S/C10H19N3O5/c11-4-5-7(14)8(15)6(9(16)18-5)13-3-1-2-12-10(13)17/h5-9,14-16H,1-4,11H2,(H,12,17)/t5-,6-,7+,8?,9?/m1/s1. The monoisotopic (exact) mass is 261 g/mol. The molecule has 2 saturated heterocycles. The first-order valence-electron chi connectivity index (χ1n) is 6.00. The molecule has 2 aliphatic heterocycles. The summed E-state index contributed by atoms with van der Waals surface area (Å²) < 4.78 is 5.13. The van der Waals surface area contributed by atoms with Crippen LogP contribution in [0, 0.1) is 0 Å². The molecule has 2 aliphatic rings. The molecule has 6 N–H and O–H groups in total. The molecular weight excluding hydrogens is 242 g/mol. The average Bonchev–Trinajstić information content (AvgIpc) is 2.36. The summed E-state index contributed by atoms with van der Waals surface area (Å²) in [6.07, 6.45) is -4.00. The number of nitrogens with one attached hydrogen (secondary N) is 1. The number of aliphatic hydroxyl groups is 3. The molecule has 8 nitrogen and oxygen atoms in total. The van der Waals surface area contributed by atoms with Crippen LogP contribution >= 0.6 is 0 Å². The third-order valence-corrected chi connectivity index (χ3v) is 3.39. The van der Waals surface area contributed by atoms with Crippen molar-refractivity contribution in [2.45, 2.75) is 37.1 Å². The van der Waals surface area contributed by atoms with Crippen molar-refractivity contribution in [2.75, 3.05) is 19.6 Å². The number of rotatable bonds is 2. The van der Waals surface area contributed by atoms with Gasteiger partial charge in [-0.3, -0.25) is 0 Å². The van der Waals surface area contributed by atoms with Crippen LogP contribution in [-0.2, 0) is 4.74 Å². The number of hydrogen-bond acceptors (Lipinski definition) is 6. The molecule has 2 unspecified atom stereocenters. The van der Waals surface area contributed by atoms with E-state index in [1.165, 1.54) is 4.90 Å². The van der Waals surface area contributed by atoms with Crippen LogP contribution in [0.25, 0.3) is 0 Å². The number of ether oxygens (including phenoxy) is 1. The fraction of sp³-hybridized carbons (Fsp3) is 0.900. The molecule has 0 aromatic carbocycles. The van der Waals surface area contributed by atoms with Gasteiger partial charge in [-0.1, -0.05) is 0 Å². The molecule has 2 amide bonds. The minimum Gasteiger partial charge on any atom is -0.388 e. The van der Waals surface area contributed by atoms with Crippen LogP contribution in [0.15, 0.2) is 0 Å². The maximum absolute atomic E-state index is 11.7. The van der Waals surface area contributed by atoms with Crippen LogP contribution in [0.1, 0.15) is 6.42 Å². The Bertz CT molecular complexity index is 316. The van der Waals surface area contributed by atoms with E-state index in [-0.39, 0.29) is 12.6 Å². The zero-order chi connectivity index (χ0) is 13.3. The van der Waals surface area contributed by atoms with Gasteiger partial charge in [-0.25, -0.2) is 4.79 Å². The van der Waals surface area contributed by atoms with Crippen LogP contribution in [0.5, 0.6) is 0 Å². The maximum atomic E-state index is 11.7. The quantitative estimate of drug-likeness (QED) is 0.364. The lowest BCUT2D eigenvalue weighted by molar-refractivity contribution is -0.259. The highest BCUT2D eigenvalue weighted by molar-refractivity contribution is 5.75. The van der Waals surface area contributed by atoms with E-state index in [2.05, 4.69) is 5.32 Å². The van der Waals surface area contributed by atoms with Crippen LogP contribution in [0.2, 0.25) is 0 Å². The van der Waals surface area contributed by atoms with Gasteiger partial charge in [0.05, 0.1) is 0 Å². The molecule has 2 fully saturated rings. The molecule has 0 aromatic heterocycles. The smallest absolute Gasteiger partial charge is 0.317 e. The van der Waals surface area contributed by atoms with Gasteiger partial charge in [0.15, 0.2) is 6.29 Å². The third-order valence-electron chi connectivity index (χ3n) is 3.39. The van der Waals surface area contributed by atoms with E-state index >= 15 is 0 Å². The zero-order valence-corrected chi connectivity index (χ0v) is 9.90. The Morgan fingerprint density at radius 2 is 2.11 bits per heavy atom. The Kier molecular flexibility index (Phi) is 4.03. The van der Waals surface area contributed by atoms with E-state index in [0.717, 1.165) is 0 Å². The summed E-state index contributed by atoms with van der Waals surface area (Å²) in [4.78, 5) is 13.0. The summed E-state index contributed by atoms with van der Waals surface area (Å²) in [6.45, 7) is 0.936. The highest BCUT2D eigenvalue weighted by Gasteiger charge is 2.47. The second-order valence-electron chi connectivity index (χ2n) is 4.55. The highest BCUT2D eigenvalue weighted by Crippen LogP contribution is 2.24. The predicted octanol–water partition coefficient (Wildman–Crippen LogP) is -2.83. The molecule has 2 rings (SSSR count). The summed E-state index contributed by atoms with van der Waals surface area (Å²) in [5.41, 5.74) is 5.37. The van der Waals surface area contributed by atoms with Crippen LogP contribution < -0.4 is 11.1 Å². The van der Waals surface area contributed by atoms with Crippen molar-refractivity contribution in [1.82, 2.24) is 10.2 Å². The largest absolute Gasteiger partial charge is 0.388 e. The normalized spacial score (nSPS) is 41.7. The number of carbonyl (C=O) groups is 1. The Balaban J connectivity index is 2.13. The molecular formula is C10H19N3O5. The van der Waals surface area contributed by atoms with Crippen molar-refractivity contribution in [3.63, 3.8) is 0 Å². The topological polar surface area (TPSA) is 128 Å². The number of aliphatic hydroxyl groups excluding tert-OH is 3. The molecule has 0 aromatic rings. The van der Waals surface area contributed by atoms with Crippen molar-refractivity contribution in [1.29, 1.82) is 0 Å². The SMILES string of the molecule is NC[C@H]1OC(O)[C@H](N2CCCNC2=O)C(O)[C@H]1O. The van der Waals surface area contributed by atoms with E-state index in [0.29, 0.717) is 19.5 Å². The first-order valence-corrected chi connectivity index (χ1v) is 6.00. The Labute approximate surface area is 104 Å². The molecule has 8 heteroatoms. The number of nitrogens with zero attached hydrogens (tertiary/aromatic N) is 1. The van der Waals surface area contributed by atoms with E-state index in [9.17, 15) is 20.1 Å². The van der Waals surface area contributed by atoms with Crippen LogP contribution in [0.3, 0.4) is 0 Å². The first-order chi connectivity index (χ1) is 8.56. The molecule has 18 heavy (non-hydrogen) atoms. The van der Waals surface area contributed by atoms with Gasteiger partial charge in [-0.2, -0.15) is 0 Å². The van der Waals surface area contributed by atoms with Gasteiger partial charge in [-0.15, -0.1) is 0 Å². The number of nitrogens with two attached hydrogens (primary N) is 1. The van der Waals surface area contributed by atoms with Crippen molar-refractivity contribution in [2.24, 2.45) is 5.73 Å². The van der Waals surface area contributed by atoms with E-state index < -0.39 is 30.6 Å². The second-order valence-corrected chi connectivity index (χ2v) is 4.55. The highest BCUT2D eigenvalue weighted by atomic mass is 16.6. The van der Waals surface area contributed by atoms with Crippen molar-refractivity contribution < 1.29 is 24.9 Å². The lowest BCUT2D eigenvalue weighted by atomic mass is 9.95. The summed E-state index contributed by atoms with van der Waals surface area (Å²) in [7, 11) is 0. The van der Waals surface area contributed by atoms with Gasteiger partial charge < -0.3 is 36.0 Å². The lowest BCUT2D eigenvalue weighted by Crippen LogP contribution is -2.67. The maximum Gasteiger partial charge on any atom is 0.317 e. The Morgan fingerprint density at radius 3 is 2.72 bits per heavy atom. The van der Waals surface area contributed by atoms with Gasteiger partial charge in [0.1, 0.15) is 24.4 Å². The first kappa shape index (κ1) is 13.5. The van der Waals surface area contributed by atoms with Crippen LogP contribution in [0.4, 0.5) is 4.79 Å². The fourth-order valence-electron chi connectivity index (χ4n) is 2.40. The van der Waals surface area contributed by atoms with Crippen LogP contribution in [-0.4, -0.2) is 76.5 Å². The minimum absolute atomic E-state index is 0.0196. The van der Waals surface area contributed by atoms with Crippen molar-refractivity contribution in [3.8, 4) is 0 Å². The van der Waals surface area contributed by atoms with E-state index in [4.69, 9.17) is 10.5 Å². The molecule has 5 atom stereocenters. The van der Waals surface area contributed by atoms with Gasteiger partial charge in [0, 0.05) is 19.6 Å². The lowest BCUT2D eigenvalue weighted by Gasteiger charge is -2.46. The number of amides is 2.